The molecule has 1 aromatic heterocycles. The summed E-state index contributed by atoms with van der Waals surface area (Å²) in [6, 6.07) is 5.99. The number of hydrogen-bond donors (Lipinski definition) is 1. The lowest BCUT2D eigenvalue weighted by Gasteiger charge is -2.32. The zero-order valence-corrected chi connectivity index (χ0v) is 14.1. The van der Waals surface area contributed by atoms with Crippen molar-refractivity contribution in [3.63, 3.8) is 0 Å². The highest BCUT2D eigenvalue weighted by molar-refractivity contribution is 5.89. The third-order valence-corrected chi connectivity index (χ3v) is 4.92. The molecule has 0 bridgehead atoms. The van der Waals surface area contributed by atoms with Crippen molar-refractivity contribution in [3.8, 4) is 0 Å². The molecule has 1 saturated carbocycles. The van der Waals surface area contributed by atoms with Crippen molar-refractivity contribution >= 4 is 11.7 Å². The number of nitrogens with one attached hydrogen (secondary N) is 1. The number of urea groups is 1. The van der Waals surface area contributed by atoms with Crippen LogP contribution in [0.5, 0.6) is 0 Å². The number of anilines is 1. The molecule has 4 rings (SSSR count). The lowest BCUT2D eigenvalue weighted by atomic mass is 9.98. The van der Waals surface area contributed by atoms with Crippen LogP contribution in [-0.2, 0) is 6.54 Å². The minimum Gasteiger partial charge on any atom is -0.324 e. The Morgan fingerprint density at radius 1 is 1.28 bits per heavy atom. The van der Waals surface area contributed by atoms with Crippen molar-refractivity contribution in [1.82, 2.24) is 19.9 Å². The van der Waals surface area contributed by atoms with Crippen LogP contribution in [0.1, 0.15) is 37.3 Å². The van der Waals surface area contributed by atoms with Gasteiger partial charge in [0.25, 0.3) is 0 Å². The molecule has 0 spiro atoms. The average molecular weight is 343 g/mol. The van der Waals surface area contributed by atoms with Crippen molar-refractivity contribution in [1.29, 1.82) is 0 Å². The standard InChI is InChI=1S/C18H22FN5O/c19-15-5-1-2-6-16(15)20-18(25)23-9-3-4-13(10-23)11-24-12-17(21-22-24)14-7-8-14/h1-2,5-6,12-14H,3-4,7-11H2,(H,20,25)/t13-/m0/s1. The highest BCUT2D eigenvalue weighted by Gasteiger charge is 2.28. The molecule has 2 amide bonds. The number of rotatable bonds is 4. The minimum absolute atomic E-state index is 0.222. The summed E-state index contributed by atoms with van der Waals surface area (Å²) >= 11 is 0. The van der Waals surface area contributed by atoms with E-state index in [0.29, 0.717) is 24.9 Å². The first-order valence-electron chi connectivity index (χ1n) is 8.89. The molecule has 1 atom stereocenters. The van der Waals surface area contributed by atoms with Gasteiger partial charge in [0.15, 0.2) is 0 Å². The molecule has 2 heterocycles. The lowest BCUT2D eigenvalue weighted by Crippen LogP contribution is -2.43. The third kappa shape index (κ3) is 3.81. The Morgan fingerprint density at radius 3 is 2.92 bits per heavy atom. The van der Waals surface area contributed by atoms with Gasteiger partial charge in [0.2, 0.25) is 0 Å². The Morgan fingerprint density at radius 2 is 2.12 bits per heavy atom. The molecule has 0 radical (unpaired) electrons. The van der Waals surface area contributed by atoms with Crippen molar-refractivity contribution in [2.75, 3.05) is 18.4 Å². The minimum atomic E-state index is -0.417. The zero-order valence-electron chi connectivity index (χ0n) is 14.1. The summed E-state index contributed by atoms with van der Waals surface area (Å²) in [7, 11) is 0. The third-order valence-electron chi connectivity index (χ3n) is 4.92. The monoisotopic (exact) mass is 343 g/mol. The first kappa shape index (κ1) is 16.1. The predicted octanol–water partition coefficient (Wildman–Crippen LogP) is 3.24. The number of para-hydroxylation sites is 1. The SMILES string of the molecule is O=C(Nc1ccccc1F)N1CCC[C@H](Cn2cc(C3CC3)nn2)C1. The molecule has 1 N–H and O–H groups in total. The Balaban J connectivity index is 1.35. The lowest BCUT2D eigenvalue weighted by molar-refractivity contribution is 0.168. The van der Waals surface area contributed by atoms with Gasteiger partial charge in [-0.2, -0.15) is 0 Å². The van der Waals surface area contributed by atoms with Gasteiger partial charge in [0.05, 0.1) is 11.4 Å². The average Bonchev–Trinajstić information content (AvgIpc) is 3.37. The second kappa shape index (κ2) is 6.82. The molecule has 1 saturated heterocycles. The Hall–Kier alpha value is -2.44. The van der Waals surface area contributed by atoms with Crippen molar-refractivity contribution in [2.24, 2.45) is 5.92 Å². The Bertz CT molecular complexity index is 757. The van der Waals surface area contributed by atoms with E-state index in [1.807, 2.05) is 10.9 Å². The molecule has 2 aromatic rings. The number of amides is 2. The molecule has 1 aromatic carbocycles. The molecule has 25 heavy (non-hydrogen) atoms. The highest BCUT2D eigenvalue weighted by Crippen LogP contribution is 2.38. The summed E-state index contributed by atoms with van der Waals surface area (Å²) in [5, 5.41) is 11.1. The van der Waals surface area contributed by atoms with Crippen LogP contribution in [0.2, 0.25) is 0 Å². The molecule has 7 heteroatoms. The number of halogens is 1. The van der Waals surface area contributed by atoms with Gasteiger partial charge in [-0.3, -0.25) is 4.68 Å². The van der Waals surface area contributed by atoms with Gasteiger partial charge in [-0.1, -0.05) is 17.3 Å². The number of carbonyl (C=O) groups is 1. The number of benzene rings is 1. The van der Waals surface area contributed by atoms with E-state index < -0.39 is 5.82 Å². The second-order valence-electron chi connectivity index (χ2n) is 7.00. The number of carbonyl (C=O) groups excluding carboxylic acids is 1. The smallest absolute Gasteiger partial charge is 0.321 e. The summed E-state index contributed by atoms with van der Waals surface area (Å²) in [6.07, 6.45) is 6.47. The van der Waals surface area contributed by atoms with Gasteiger partial charge in [0.1, 0.15) is 5.82 Å². The Kier molecular flexibility index (Phi) is 4.38. The largest absolute Gasteiger partial charge is 0.324 e. The van der Waals surface area contributed by atoms with Crippen LogP contribution in [0, 0.1) is 11.7 Å². The molecule has 1 aliphatic heterocycles. The van der Waals surface area contributed by atoms with Gasteiger partial charge in [-0.15, -0.1) is 5.10 Å². The molecule has 132 valence electrons. The fourth-order valence-corrected chi connectivity index (χ4v) is 3.39. The fraction of sp³-hybridized carbons (Fsp3) is 0.500. The van der Waals surface area contributed by atoms with Crippen molar-refractivity contribution in [2.45, 2.75) is 38.1 Å². The molecule has 0 unspecified atom stereocenters. The molecule has 1 aliphatic carbocycles. The number of nitrogens with zero attached hydrogens (tertiary/aromatic N) is 4. The molecule has 6 nitrogen and oxygen atoms in total. The normalized spacial score (nSPS) is 20.5. The summed E-state index contributed by atoms with van der Waals surface area (Å²) in [5.41, 5.74) is 1.31. The van der Waals surface area contributed by atoms with Gasteiger partial charge in [-0.25, -0.2) is 9.18 Å². The van der Waals surface area contributed by atoms with Crippen molar-refractivity contribution in [3.05, 3.63) is 42.0 Å². The van der Waals surface area contributed by atoms with Crippen LogP contribution < -0.4 is 5.32 Å². The van der Waals surface area contributed by atoms with E-state index in [9.17, 15) is 9.18 Å². The molecule has 2 aliphatic rings. The first-order chi connectivity index (χ1) is 12.2. The predicted molar refractivity (Wildman–Crippen MR) is 91.7 cm³/mol. The van der Waals surface area contributed by atoms with E-state index in [1.54, 1.807) is 23.1 Å². The maximum Gasteiger partial charge on any atom is 0.321 e. The molecular formula is C18H22FN5O. The molecule has 2 fully saturated rings. The maximum absolute atomic E-state index is 13.7. The van der Waals surface area contributed by atoms with Crippen LogP contribution in [-0.4, -0.2) is 39.0 Å². The zero-order chi connectivity index (χ0) is 17.2. The highest BCUT2D eigenvalue weighted by atomic mass is 19.1. The van der Waals surface area contributed by atoms with E-state index in [-0.39, 0.29) is 11.7 Å². The molecular weight excluding hydrogens is 321 g/mol. The first-order valence-corrected chi connectivity index (χ1v) is 8.89. The quantitative estimate of drug-likeness (QED) is 0.927. The van der Waals surface area contributed by atoms with E-state index in [1.165, 1.54) is 18.9 Å². The van der Waals surface area contributed by atoms with E-state index in [0.717, 1.165) is 25.1 Å². The van der Waals surface area contributed by atoms with E-state index in [4.69, 9.17) is 0 Å². The van der Waals surface area contributed by atoms with Crippen molar-refractivity contribution < 1.29 is 9.18 Å². The number of aromatic nitrogens is 3. The van der Waals surface area contributed by atoms with Crippen LogP contribution in [0.3, 0.4) is 0 Å². The van der Waals surface area contributed by atoms with E-state index in [2.05, 4.69) is 15.6 Å². The summed E-state index contributed by atoms with van der Waals surface area (Å²) < 4.78 is 15.6. The maximum atomic E-state index is 13.7. The topological polar surface area (TPSA) is 63.1 Å². The van der Waals surface area contributed by atoms with Crippen LogP contribution in [0.25, 0.3) is 0 Å². The van der Waals surface area contributed by atoms with Gasteiger partial charge >= 0.3 is 6.03 Å². The van der Waals surface area contributed by atoms with Gasteiger partial charge in [-0.05, 0) is 43.7 Å². The number of likely N-dealkylation sites (tertiary alicyclic amines) is 1. The number of piperidine rings is 1. The fourth-order valence-electron chi connectivity index (χ4n) is 3.39. The van der Waals surface area contributed by atoms with Crippen LogP contribution >= 0.6 is 0 Å². The van der Waals surface area contributed by atoms with Crippen LogP contribution in [0.15, 0.2) is 30.5 Å². The summed E-state index contributed by atoms with van der Waals surface area (Å²) in [4.78, 5) is 14.2. The summed E-state index contributed by atoms with van der Waals surface area (Å²) in [5.74, 6) is 0.525. The second-order valence-corrected chi connectivity index (χ2v) is 7.00. The van der Waals surface area contributed by atoms with E-state index >= 15 is 0 Å². The number of hydrogen-bond acceptors (Lipinski definition) is 3. The van der Waals surface area contributed by atoms with Gasteiger partial charge < -0.3 is 10.2 Å². The van der Waals surface area contributed by atoms with Crippen LogP contribution in [0.4, 0.5) is 14.9 Å². The van der Waals surface area contributed by atoms with Gasteiger partial charge in [0, 0.05) is 31.7 Å². The Labute approximate surface area is 146 Å². The summed E-state index contributed by atoms with van der Waals surface area (Å²) in [6.45, 7) is 2.11.